The van der Waals surface area contributed by atoms with Gasteiger partial charge in [-0.25, -0.2) is 0 Å². The molecule has 0 N–H and O–H groups in total. The molecule has 1 unspecified atom stereocenters. The molecule has 0 saturated heterocycles. The second-order valence-electron chi connectivity index (χ2n) is 4.54. The van der Waals surface area contributed by atoms with Gasteiger partial charge < -0.3 is 14.2 Å². The molecule has 0 aromatic heterocycles. The number of carbonyl (C=O) groups is 1. The lowest BCUT2D eigenvalue weighted by atomic mass is 9.96. The SMILES string of the molecule is CCCC(C)c1cc(OC)c(OC(C)=O)c(OC)c1. The minimum atomic E-state index is -0.397. The molecule has 1 aromatic carbocycles. The summed E-state index contributed by atoms with van der Waals surface area (Å²) >= 11 is 0. The summed E-state index contributed by atoms with van der Waals surface area (Å²) in [6.07, 6.45) is 2.19. The second kappa shape index (κ2) is 7.02. The van der Waals surface area contributed by atoms with Gasteiger partial charge in [0.1, 0.15) is 0 Å². The minimum absolute atomic E-state index is 0.338. The van der Waals surface area contributed by atoms with Crippen LogP contribution in [0.5, 0.6) is 17.2 Å². The van der Waals surface area contributed by atoms with Gasteiger partial charge in [0.2, 0.25) is 5.75 Å². The zero-order valence-corrected chi connectivity index (χ0v) is 12.3. The van der Waals surface area contributed by atoms with E-state index in [1.54, 1.807) is 14.2 Å². The highest BCUT2D eigenvalue weighted by atomic mass is 16.6. The monoisotopic (exact) mass is 266 g/mol. The summed E-state index contributed by atoms with van der Waals surface area (Å²) in [5, 5.41) is 0. The minimum Gasteiger partial charge on any atom is -0.493 e. The van der Waals surface area contributed by atoms with Gasteiger partial charge in [0, 0.05) is 6.92 Å². The quantitative estimate of drug-likeness (QED) is 0.583. The third-order valence-electron chi connectivity index (χ3n) is 3.02. The lowest BCUT2D eigenvalue weighted by Gasteiger charge is -2.17. The van der Waals surface area contributed by atoms with Crippen LogP contribution in [0, 0.1) is 0 Å². The summed E-state index contributed by atoms with van der Waals surface area (Å²) in [5.74, 6) is 1.38. The van der Waals surface area contributed by atoms with Gasteiger partial charge in [-0.05, 0) is 30.0 Å². The molecular formula is C15H22O4. The van der Waals surface area contributed by atoms with E-state index in [4.69, 9.17) is 14.2 Å². The second-order valence-corrected chi connectivity index (χ2v) is 4.54. The van der Waals surface area contributed by atoms with Crippen molar-refractivity contribution in [1.29, 1.82) is 0 Å². The van der Waals surface area contributed by atoms with Gasteiger partial charge in [0.05, 0.1) is 14.2 Å². The van der Waals surface area contributed by atoms with E-state index in [9.17, 15) is 4.79 Å². The molecule has 1 aromatic rings. The Morgan fingerprint density at radius 2 is 1.74 bits per heavy atom. The third kappa shape index (κ3) is 3.88. The van der Waals surface area contributed by atoms with E-state index in [2.05, 4.69) is 13.8 Å². The Bertz CT molecular complexity index is 415. The van der Waals surface area contributed by atoms with Crippen molar-refractivity contribution >= 4 is 5.97 Å². The Hall–Kier alpha value is -1.71. The van der Waals surface area contributed by atoms with Crippen molar-refractivity contribution in [3.8, 4) is 17.2 Å². The Morgan fingerprint density at radius 1 is 1.21 bits per heavy atom. The first-order chi connectivity index (χ1) is 9.03. The molecular weight excluding hydrogens is 244 g/mol. The van der Waals surface area contributed by atoms with Gasteiger partial charge in [-0.3, -0.25) is 4.79 Å². The van der Waals surface area contributed by atoms with Crippen molar-refractivity contribution in [2.24, 2.45) is 0 Å². The summed E-state index contributed by atoms with van der Waals surface area (Å²) in [5.41, 5.74) is 1.12. The standard InChI is InChI=1S/C15H22O4/c1-6-7-10(2)12-8-13(17-4)15(19-11(3)16)14(9-12)18-5/h8-10H,6-7H2,1-5H3. The first kappa shape index (κ1) is 15.3. The molecule has 1 rings (SSSR count). The molecule has 0 aliphatic rings. The number of hydrogen-bond acceptors (Lipinski definition) is 4. The van der Waals surface area contributed by atoms with Crippen LogP contribution in [0.4, 0.5) is 0 Å². The largest absolute Gasteiger partial charge is 0.493 e. The summed E-state index contributed by atoms with van der Waals surface area (Å²) in [6.45, 7) is 5.66. The molecule has 0 aliphatic carbocycles. The molecule has 0 radical (unpaired) electrons. The van der Waals surface area contributed by atoms with Gasteiger partial charge in [0.15, 0.2) is 11.5 Å². The fourth-order valence-electron chi connectivity index (χ4n) is 2.03. The summed E-state index contributed by atoms with van der Waals surface area (Å²) < 4.78 is 15.8. The average molecular weight is 266 g/mol. The first-order valence-corrected chi connectivity index (χ1v) is 6.47. The van der Waals surface area contributed by atoms with Crippen LogP contribution in [0.25, 0.3) is 0 Å². The number of rotatable bonds is 6. The van der Waals surface area contributed by atoms with Crippen LogP contribution < -0.4 is 14.2 Å². The molecule has 19 heavy (non-hydrogen) atoms. The number of carbonyl (C=O) groups excluding carboxylic acids is 1. The van der Waals surface area contributed by atoms with Gasteiger partial charge in [-0.15, -0.1) is 0 Å². The highest BCUT2D eigenvalue weighted by Crippen LogP contribution is 2.41. The molecule has 106 valence electrons. The Labute approximate surface area is 114 Å². The van der Waals surface area contributed by atoms with E-state index in [1.807, 2.05) is 12.1 Å². The Balaban J connectivity index is 3.23. The lowest BCUT2D eigenvalue weighted by Crippen LogP contribution is -2.06. The van der Waals surface area contributed by atoms with E-state index in [0.29, 0.717) is 23.2 Å². The maximum atomic E-state index is 11.1. The van der Waals surface area contributed by atoms with Crippen molar-refractivity contribution in [3.05, 3.63) is 17.7 Å². The zero-order chi connectivity index (χ0) is 14.4. The molecule has 0 bridgehead atoms. The molecule has 4 heteroatoms. The van der Waals surface area contributed by atoms with Crippen molar-refractivity contribution in [2.45, 2.75) is 39.5 Å². The summed E-state index contributed by atoms with van der Waals surface area (Å²) in [7, 11) is 3.10. The van der Waals surface area contributed by atoms with Crippen LogP contribution in [0.3, 0.4) is 0 Å². The van der Waals surface area contributed by atoms with E-state index < -0.39 is 5.97 Å². The van der Waals surface area contributed by atoms with Crippen LogP contribution in [-0.2, 0) is 4.79 Å². The molecule has 4 nitrogen and oxygen atoms in total. The summed E-state index contributed by atoms with van der Waals surface area (Å²) in [4.78, 5) is 11.1. The van der Waals surface area contributed by atoms with Crippen molar-refractivity contribution in [2.75, 3.05) is 14.2 Å². The van der Waals surface area contributed by atoms with Gasteiger partial charge >= 0.3 is 5.97 Å². The molecule has 0 spiro atoms. The van der Waals surface area contributed by atoms with Crippen LogP contribution in [0.2, 0.25) is 0 Å². The van der Waals surface area contributed by atoms with Crippen LogP contribution in [0.15, 0.2) is 12.1 Å². The van der Waals surface area contributed by atoms with Gasteiger partial charge in [-0.2, -0.15) is 0 Å². The normalized spacial score (nSPS) is 11.8. The van der Waals surface area contributed by atoms with Crippen molar-refractivity contribution in [3.63, 3.8) is 0 Å². The van der Waals surface area contributed by atoms with E-state index in [0.717, 1.165) is 18.4 Å². The highest BCUT2D eigenvalue weighted by molar-refractivity contribution is 5.72. The first-order valence-electron chi connectivity index (χ1n) is 6.47. The van der Waals surface area contributed by atoms with E-state index in [1.165, 1.54) is 6.92 Å². The van der Waals surface area contributed by atoms with Gasteiger partial charge in [-0.1, -0.05) is 20.3 Å². The van der Waals surface area contributed by atoms with Crippen LogP contribution >= 0.6 is 0 Å². The number of esters is 1. The average Bonchev–Trinajstić information content (AvgIpc) is 2.38. The molecule has 0 aliphatic heterocycles. The smallest absolute Gasteiger partial charge is 0.308 e. The molecule has 0 heterocycles. The van der Waals surface area contributed by atoms with Crippen molar-refractivity contribution in [1.82, 2.24) is 0 Å². The predicted molar refractivity (Wildman–Crippen MR) is 74.2 cm³/mol. The topological polar surface area (TPSA) is 44.8 Å². The predicted octanol–water partition coefficient (Wildman–Crippen LogP) is 3.53. The third-order valence-corrected chi connectivity index (χ3v) is 3.02. The molecule has 1 atom stereocenters. The highest BCUT2D eigenvalue weighted by Gasteiger charge is 2.18. The summed E-state index contributed by atoms with van der Waals surface area (Å²) in [6, 6.07) is 3.81. The molecule has 0 saturated carbocycles. The maximum absolute atomic E-state index is 11.1. The fraction of sp³-hybridized carbons (Fsp3) is 0.533. The zero-order valence-electron chi connectivity index (χ0n) is 12.3. The van der Waals surface area contributed by atoms with E-state index in [-0.39, 0.29) is 0 Å². The number of benzene rings is 1. The van der Waals surface area contributed by atoms with E-state index >= 15 is 0 Å². The number of hydrogen-bond donors (Lipinski definition) is 0. The van der Waals surface area contributed by atoms with Crippen molar-refractivity contribution < 1.29 is 19.0 Å². The maximum Gasteiger partial charge on any atom is 0.308 e. The Kier molecular flexibility index (Phi) is 5.67. The van der Waals surface area contributed by atoms with Gasteiger partial charge in [0.25, 0.3) is 0 Å². The number of methoxy groups -OCH3 is 2. The molecule has 0 fully saturated rings. The Morgan fingerprint density at radius 3 is 2.11 bits per heavy atom. The van der Waals surface area contributed by atoms with Crippen LogP contribution in [-0.4, -0.2) is 20.2 Å². The number of ether oxygens (including phenoxy) is 3. The lowest BCUT2D eigenvalue weighted by molar-refractivity contribution is -0.132. The fourth-order valence-corrected chi connectivity index (χ4v) is 2.03. The van der Waals surface area contributed by atoms with Crippen LogP contribution in [0.1, 0.15) is 45.1 Å². The molecule has 0 amide bonds.